The summed E-state index contributed by atoms with van der Waals surface area (Å²) in [7, 11) is 1.60. The number of rotatable bonds is 2. The Morgan fingerprint density at radius 1 is 1.61 bits per heavy atom. The van der Waals surface area contributed by atoms with Crippen LogP contribution in [0.3, 0.4) is 0 Å². The van der Waals surface area contributed by atoms with Gasteiger partial charge in [-0.15, -0.1) is 11.3 Å². The predicted molar refractivity (Wildman–Crippen MR) is 73.5 cm³/mol. The fourth-order valence-corrected chi connectivity index (χ4v) is 3.00. The lowest BCUT2D eigenvalue weighted by Gasteiger charge is -2.43. The van der Waals surface area contributed by atoms with E-state index < -0.39 is 0 Å². The highest BCUT2D eigenvalue weighted by Crippen LogP contribution is 2.28. The zero-order valence-electron chi connectivity index (χ0n) is 11.3. The summed E-state index contributed by atoms with van der Waals surface area (Å²) in [5.41, 5.74) is -0.0351. The summed E-state index contributed by atoms with van der Waals surface area (Å²) in [6.07, 6.45) is 0. The molecule has 0 aromatic carbocycles. The molecule has 2 heterocycles. The van der Waals surface area contributed by atoms with Crippen molar-refractivity contribution < 1.29 is 9.53 Å². The van der Waals surface area contributed by atoms with Gasteiger partial charge in [-0.3, -0.25) is 4.79 Å². The van der Waals surface area contributed by atoms with Crippen molar-refractivity contribution in [3.8, 4) is 5.75 Å². The highest BCUT2D eigenvalue weighted by molar-refractivity contribution is 7.12. The highest BCUT2D eigenvalue weighted by atomic mass is 32.1. The molecule has 0 aliphatic carbocycles. The first-order valence-electron chi connectivity index (χ1n) is 6.12. The van der Waals surface area contributed by atoms with Crippen LogP contribution in [0.5, 0.6) is 5.75 Å². The number of carbonyl (C=O) groups excluding carboxylic acids is 1. The monoisotopic (exact) mass is 268 g/mol. The smallest absolute Gasteiger partial charge is 0.268 e. The summed E-state index contributed by atoms with van der Waals surface area (Å²) >= 11 is 1.44. The van der Waals surface area contributed by atoms with E-state index in [9.17, 15) is 4.79 Å². The summed E-state index contributed by atoms with van der Waals surface area (Å²) < 4.78 is 5.23. The Labute approximate surface area is 112 Å². The van der Waals surface area contributed by atoms with Crippen molar-refractivity contribution in [1.29, 1.82) is 0 Å². The Hall–Kier alpha value is -1.07. The van der Waals surface area contributed by atoms with Crippen LogP contribution in [-0.4, -0.2) is 42.6 Å². The van der Waals surface area contributed by atoms with Crippen LogP contribution in [0.2, 0.25) is 0 Å². The van der Waals surface area contributed by atoms with Crippen LogP contribution in [0.15, 0.2) is 11.4 Å². The lowest BCUT2D eigenvalue weighted by Crippen LogP contribution is -2.62. The number of methoxy groups -OCH3 is 1. The SMILES string of the molecule is COc1ccsc1C(=O)N1CC(C)(C)NCC1C. The molecule has 1 aromatic rings. The maximum Gasteiger partial charge on any atom is 0.268 e. The van der Waals surface area contributed by atoms with Gasteiger partial charge in [0, 0.05) is 24.7 Å². The van der Waals surface area contributed by atoms with Crippen LogP contribution in [0, 0.1) is 0 Å². The third-order valence-electron chi connectivity index (χ3n) is 3.28. The van der Waals surface area contributed by atoms with E-state index in [2.05, 4.69) is 26.1 Å². The first kappa shape index (κ1) is 13.4. The molecule has 1 aromatic heterocycles. The van der Waals surface area contributed by atoms with E-state index in [-0.39, 0.29) is 17.5 Å². The second-order valence-corrected chi connectivity index (χ2v) is 6.28. The Kier molecular flexibility index (Phi) is 3.64. The fraction of sp³-hybridized carbons (Fsp3) is 0.615. The molecule has 0 saturated carbocycles. The number of ether oxygens (including phenoxy) is 1. The van der Waals surface area contributed by atoms with Crippen molar-refractivity contribution in [2.45, 2.75) is 32.4 Å². The van der Waals surface area contributed by atoms with E-state index >= 15 is 0 Å². The van der Waals surface area contributed by atoms with Crippen molar-refractivity contribution in [1.82, 2.24) is 10.2 Å². The molecule has 1 aliphatic heterocycles. The molecule has 4 nitrogen and oxygen atoms in total. The number of nitrogens with zero attached hydrogens (tertiary/aromatic N) is 1. The summed E-state index contributed by atoms with van der Waals surface area (Å²) in [5, 5.41) is 5.34. The van der Waals surface area contributed by atoms with Crippen LogP contribution >= 0.6 is 11.3 Å². The van der Waals surface area contributed by atoms with Crippen LogP contribution in [-0.2, 0) is 0 Å². The second-order valence-electron chi connectivity index (χ2n) is 5.36. The lowest BCUT2D eigenvalue weighted by atomic mass is 9.99. The highest BCUT2D eigenvalue weighted by Gasteiger charge is 2.34. The fourth-order valence-electron chi connectivity index (χ4n) is 2.19. The van der Waals surface area contributed by atoms with Crippen LogP contribution in [0.25, 0.3) is 0 Å². The number of piperazine rings is 1. The molecule has 1 amide bonds. The van der Waals surface area contributed by atoms with Crippen LogP contribution in [0.4, 0.5) is 0 Å². The van der Waals surface area contributed by atoms with Gasteiger partial charge in [0.1, 0.15) is 10.6 Å². The van der Waals surface area contributed by atoms with E-state index in [4.69, 9.17) is 4.74 Å². The third kappa shape index (κ3) is 2.52. The molecule has 18 heavy (non-hydrogen) atoms. The van der Waals surface area contributed by atoms with Gasteiger partial charge in [-0.05, 0) is 32.2 Å². The molecule has 0 radical (unpaired) electrons. The molecule has 1 unspecified atom stereocenters. The van der Waals surface area contributed by atoms with Crippen LogP contribution in [0.1, 0.15) is 30.4 Å². The topological polar surface area (TPSA) is 41.6 Å². The first-order valence-corrected chi connectivity index (χ1v) is 7.00. The molecule has 1 aliphatic rings. The Balaban J connectivity index is 2.22. The molecule has 0 spiro atoms. The Morgan fingerprint density at radius 2 is 2.33 bits per heavy atom. The molecule has 5 heteroatoms. The average Bonchev–Trinajstić information content (AvgIpc) is 2.79. The van der Waals surface area contributed by atoms with Gasteiger partial charge in [0.2, 0.25) is 0 Å². The average molecular weight is 268 g/mol. The summed E-state index contributed by atoms with van der Waals surface area (Å²) in [6.45, 7) is 7.84. The molecule has 1 atom stereocenters. The number of nitrogens with one attached hydrogen (secondary N) is 1. The van der Waals surface area contributed by atoms with Gasteiger partial charge in [0.15, 0.2) is 0 Å². The van der Waals surface area contributed by atoms with E-state index in [1.807, 2.05) is 16.3 Å². The molecular weight excluding hydrogens is 248 g/mol. The van der Waals surface area contributed by atoms with Gasteiger partial charge in [0.05, 0.1) is 7.11 Å². The number of thiophene rings is 1. The Bertz CT molecular complexity index is 442. The van der Waals surface area contributed by atoms with Gasteiger partial charge in [-0.1, -0.05) is 0 Å². The normalized spacial score (nSPS) is 22.9. The molecule has 1 saturated heterocycles. The summed E-state index contributed by atoms with van der Waals surface area (Å²) in [6, 6.07) is 2.05. The van der Waals surface area contributed by atoms with Crippen molar-refractivity contribution in [2.75, 3.05) is 20.2 Å². The number of carbonyl (C=O) groups is 1. The quantitative estimate of drug-likeness (QED) is 0.891. The van der Waals surface area contributed by atoms with Crippen molar-refractivity contribution in [3.05, 3.63) is 16.3 Å². The maximum absolute atomic E-state index is 12.6. The van der Waals surface area contributed by atoms with Crippen LogP contribution < -0.4 is 10.1 Å². The summed E-state index contributed by atoms with van der Waals surface area (Å²) in [5.74, 6) is 0.748. The largest absolute Gasteiger partial charge is 0.495 e. The van der Waals surface area contributed by atoms with Crippen molar-refractivity contribution >= 4 is 17.2 Å². The lowest BCUT2D eigenvalue weighted by molar-refractivity contribution is 0.0535. The number of hydrogen-bond donors (Lipinski definition) is 1. The number of amides is 1. The third-order valence-corrected chi connectivity index (χ3v) is 4.16. The van der Waals surface area contributed by atoms with E-state index in [1.54, 1.807) is 7.11 Å². The first-order chi connectivity index (χ1) is 8.44. The molecule has 0 bridgehead atoms. The van der Waals surface area contributed by atoms with E-state index in [1.165, 1.54) is 11.3 Å². The molecular formula is C13H20N2O2S. The minimum Gasteiger partial charge on any atom is -0.495 e. The minimum absolute atomic E-state index is 0.0351. The van der Waals surface area contributed by atoms with Gasteiger partial charge in [0.25, 0.3) is 5.91 Å². The molecule has 1 fully saturated rings. The zero-order valence-corrected chi connectivity index (χ0v) is 12.1. The van der Waals surface area contributed by atoms with Gasteiger partial charge in [-0.2, -0.15) is 0 Å². The summed E-state index contributed by atoms with van der Waals surface area (Å²) in [4.78, 5) is 15.2. The standard InChI is InChI=1S/C13H20N2O2S/c1-9-7-14-13(2,3)8-15(9)12(16)11-10(17-4)5-6-18-11/h5-6,9,14H,7-8H2,1-4H3. The predicted octanol–water partition coefficient (Wildman–Crippen LogP) is 1.97. The van der Waals surface area contributed by atoms with E-state index in [0.29, 0.717) is 17.2 Å². The zero-order chi connectivity index (χ0) is 13.3. The van der Waals surface area contributed by atoms with Crippen molar-refractivity contribution in [3.63, 3.8) is 0 Å². The Morgan fingerprint density at radius 3 is 3.00 bits per heavy atom. The second kappa shape index (κ2) is 4.90. The van der Waals surface area contributed by atoms with Gasteiger partial charge in [-0.25, -0.2) is 0 Å². The van der Waals surface area contributed by atoms with Gasteiger partial charge >= 0.3 is 0 Å². The number of hydrogen-bond acceptors (Lipinski definition) is 4. The van der Waals surface area contributed by atoms with Crippen molar-refractivity contribution in [2.24, 2.45) is 0 Å². The van der Waals surface area contributed by atoms with E-state index in [0.717, 1.165) is 6.54 Å². The molecule has 2 rings (SSSR count). The molecule has 1 N–H and O–H groups in total. The molecule has 100 valence electrons. The maximum atomic E-state index is 12.6. The van der Waals surface area contributed by atoms with Gasteiger partial charge < -0.3 is 15.0 Å². The minimum atomic E-state index is -0.0351.